The summed E-state index contributed by atoms with van der Waals surface area (Å²) in [4.78, 5) is 8.82. The Labute approximate surface area is 118 Å². The number of rotatable bonds is 8. The van der Waals surface area contributed by atoms with E-state index in [0.717, 1.165) is 23.9 Å². The topological polar surface area (TPSA) is 72.2 Å². The SMILES string of the molecule is CCNc1cc(NCc2ccco2)nc(COCC)n1. The smallest absolute Gasteiger partial charge is 0.158 e. The molecule has 0 amide bonds. The molecule has 2 rings (SSSR count). The standard InChI is InChI=1S/C14H20N4O2/c1-3-15-12-8-13(16-9-11-6-5-7-20-11)18-14(17-12)10-19-4-2/h5-8H,3-4,9-10H2,1-2H3,(H2,15,16,17,18). The lowest BCUT2D eigenvalue weighted by molar-refractivity contribution is 0.128. The number of hydrogen-bond acceptors (Lipinski definition) is 6. The number of nitrogens with one attached hydrogen (secondary N) is 2. The molecular formula is C14H20N4O2. The molecule has 2 heterocycles. The molecule has 0 aliphatic heterocycles. The average molecular weight is 276 g/mol. The zero-order valence-corrected chi connectivity index (χ0v) is 11.8. The van der Waals surface area contributed by atoms with E-state index in [9.17, 15) is 0 Å². The minimum Gasteiger partial charge on any atom is -0.467 e. The van der Waals surface area contributed by atoms with E-state index in [1.807, 2.05) is 32.0 Å². The number of hydrogen-bond donors (Lipinski definition) is 2. The first-order chi connectivity index (χ1) is 9.81. The zero-order chi connectivity index (χ0) is 14.2. The van der Waals surface area contributed by atoms with Gasteiger partial charge < -0.3 is 19.8 Å². The molecule has 0 aliphatic carbocycles. The van der Waals surface area contributed by atoms with Crippen LogP contribution in [0, 0.1) is 0 Å². The molecular weight excluding hydrogens is 256 g/mol. The molecule has 2 N–H and O–H groups in total. The highest BCUT2D eigenvalue weighted by Crippen LogP contribution is 2.13. The van der Waals surface area contributed by atoms with Crippen molar-refractivity contribution in [1.82, 2.24) is 9.97 Å². The predicted octanol–water partition coefficient (Wildman–Crippen LogP) is 2.65. The lowest BCUT2D eigenvalue weighted by atomic mass is 10.4. The Morgan fingerprint density at radius 3 is 2.65 bits per heavy atom. The molecule has 108 valence electrons. The molecule has 0 saturated carbocycles. The van der Waals surface area contributed by atoms with E-state index in [-0.39, 0.29) is 0 Å². The molecule has 2 aromatic rings. The van der Waals surface area contributed by atoms with Gasteiger partial charge in [-0.15, -0.1) is 0 Å². The van der Waals surface area contributed by atoms with Crippen molar-refractivity contribution >= 4 is 11.6 Å². The van der Waals surface area contributed by atoms with Crippen LogP contribution in [0.1, 0.15) is 25.4 Å². The molecule has 0 aromatic carbocycles. The van der Waals surface area contributed by atoms with Crippen LogP contribution in [-0.2, 0) is 17.9 Å². The van der Waals surface area contributed by atoms with Gasteiger partial charge in [-0.2, -0.15) is 0 Å². The molecule has 0 aliphatic rings. The fraction of sp³-hybridized carbons (Fsp3) is 0.429. The fourth-order valence-electron chi connectivity index (χ4n) is 1.71. The number of anilines is 2. The van der Waals surface area contributed by atoms with Gasteiger partial charge in [-0.3, -0.25) is 0 Å². The Hall–Kier alpha value is -2.08. The molecule has 6 heteroatoms. The summed E-state index contributed by atoms with van der Waals surface area (Å²) in [6.45, 7) is 6.42. The molecule has 0 fully saturated rings. The summed E-state index contributed by atoms with van der Waals surface area (Å²) in [6.07, 6.45) is 1.65. The van der Waals surface area contributed by atoms with Crippen LogP contribution in [-0.4, -0.2) is 23.1 Å². The second kappa shape index (κ2) is 7.49. The van der Waals surface area contributed by atoms with Gasteiger partial charge in [0.1, 0.15) is 24.0 Å². The summed E-state index contributed by atoms with van der Waals surface area (Å²) in [6, 6.07) is 5.66. The Bertz CT molecular complexity index is 514. The van der Waals surface area contributed by atoms with Crippen molar-refractivity contribution in [3.8, 4) is 0 Å². The molecule has 0 unspecified atom stereocenters. The largest absolute Gasteiger partial charge is 0.467 e. The fourth-order valence-corrected chi connectivity index (χ4v) is 1.71. The third kappa shape index (κ3) is 4.24. The summed E-state index contributed by atoms with van der Waals surface area (Å²) in [7, 11) is 0. The van der Waals surface area contributed by atoms with Crippen molar-refractivity contribution < 1.29 is 9.15 Å². The monoisotopic (exact) mass is 276 g/mol. The summed E-state index contributed by atoms with van der Waals surface area (Å²) in [5, 5.41) is 6.41. The van der Waals surface area contributed by atoms with Crippen molar-refractivity contribution in [2.24, 2.45) is 0 Å². The van der Waals surface area contributed by atoms with Crippen LogP contribution in [0.15, 0.2) is 28.9 Å². The quantitative estimate of drug-likeness (QED) is 0.772. The van der Waals surface area contributed by atoms with Gasteiger partial charge in [-0.05, 0) is 26.0 Å². The van der Waals surface area contributed by atoms with Crippen molar-refractivity contribution in [3.05, 3.63) is 36.0 Å². The number of nitrogens with zero attached hydrogens (tertiary/aromatic N) is 2. The van der Waals surface area contributed by atoms with Crippen LogP contribution in [0.3, 0.4) is 0 Å². The number of furan rings is 1. The van der Waals surface area contributed by atoms with Crippen LogP contribution in [0.2, 0.25) is 0 Å². The van der Waals surface area contributed by atoms with Gasteiger partial charge in [0.25, 0.3) is 0 Å². The zero-order valence-electron chi connectivity index (χ0n) is 11.8. The first kappa shape index (κ1) is 14.3. The average Bonchev–Trinajstić information content (AvgIpc) is 2.96. The molecule has 0 radical (unpaired) electrons. The minimum absolute atomic E-state index is 0.408. The van der Waals surface area contributed by atoms with Crippen LogP contribution >= 0.6 is 0 Å². The van der Waals surface area contributed by atoms with E-state index in [4.69, 9.17) is 9.15 Å². The molecule has 20 heavy (non-hydrogen) atoms. The highest BCUT2D eigenvalue weighted by molar-refractivity contribution is 5.47. The second-order valence-corrected chi connectivity index (χ2v) is 4.16. The Balaban J connectivity index is 2.06. The van der Waals surface area contributed by atoms with Crippen LogP contribution in [0.4, 0.5) is 11.6 Å². The molecule has 0 spiro atoms. The van der Waals surface area contributed by atoms with Gasteiger partial charge in [0.05, 0.1) is 12.8 Å². The van der Waals surface area contributed by atoms with E-state index in [1.165, 1.54) is 0 Å². The van der Waals surface area contributed by atoms with Crippen molar-refractivity contribution in [2.75, 3.05) is 23.8 Å². The van der Waals surface area contributed by atoms with E-state index < -0.39 is 0 Å². The maximum Gasteiger partial charge on any atom is 0.158 e. The Morgan fingerprint density at radius 2 is 2.00 bits per heavy atom. The summed E-state index contributed by atoms with van der Waals surface area (Å²) in [5.74, 6) is 3.06. The van der Waals surface area contributed by atoms with Crippen molar-refractivity contribution in [2.45, 2.75) is 27.0 Å². The molecule has 6 nitrogen and oxygen atoms in total. The van der Waals surface area contributed by atoms with E-state index >= 15 is 0 Å². The third-order valence-electron chi connectivity index (χ3n) is 2.59. The van der Waals surface area contributed by atoms with Crippen molar-refractivity contribution in [1.29, 1.82) is 0 Å². The summed E-state index contributed by atoms with van der Waals surface area (Å²) < 4.78 is 10.6. The number of ether oxygens (including phenoxy) is 1. The van der Waals surface area contributed by atoms with Crippen molar-refractivity contribution in [3.63, 3.8) is 0 Å². The van der Waals surface area contributed by atoms with Crippen LogP contribution in [0.5, 0.6) is 0 Å². The van der Waals surface area contributed by atoms with Crippen LogP contribution < -0.4 is 10.6 Å². The highest BCUT2D eigenvalue weighted by atomic mass is 16.5. The lowest BCUT2D eigenvalue weighted by Crippen LogP contribution is -2.09. The summed E-state index contributed by atoms with van der Waals surface area (Å²) in [5.41, 5.74) is 0. The third-order valence-corrected chi connectivity index (χ3v) is 2.59. The minimum atomic E-state index is 0.408. The van der Waals surface area contributed by atoms with Gasteiger partial charge in [0.15, 0.2) is 5.82 Å². The van der Waals surface area contributed by atoms with Gasteiger partial charge >= 0.3 is 0 Å². The highest BCUT2D eigenvalue weighted by Gasteiger charge is 2.05. The van der Waals surface area contributed by atoms with Gasteiger partial charge in [-0.25, -0.2) is 9.97 Å². The maximum atomic E-state index is 5.36. The second-order valence-electron chi connectivity index (χ2n) is 4.16. The van der Waals surface area contributed by atoms with Gasteiger partial charge in [0, 0.05) is 19.2 Å². The van der Waals surface area contributed by atoms with E-state index in [0.29, 0.717) is 25.6 Å². The molecule has 2 aromatic heterocycles. The Kier molecular flexibility index (Phi) is 5.37. The first-order valence-electron chi connectivity index (χ1n) is 6.77. The lowest BCUT2D eigenvalue weighted by Gasteiger charge is -2.10. The predicted molar refractivity (Wildman–Crippen MR) is 77.6 cm³/mol. The normalized spacial score (nSPS) is 10.5. The van der Waals surface area contributed by atoms with Gasteiger partial charge in [-0.1, -0.05) is 0 Å². The van der Waals surface area contributed by atoms with E-state index in [2.05, 4.69) is 20.6 Å². The maximum absolute atomic E-state index is 5.36. The van der Waals surface area contributed by atoms with Gasteiger partial charge in [0.2, 0.25) is 0 Å². The molecule has 0 saturated heterocycles. The van der Waals surface area contributed by atoms with Crippen LogP contribution in [0.25, 0.3) is 0 Å². The molecule has 0 atom stereocenters. The molecule has 0 bridgehead atoms. The van der Waals surface area contributed by atoms with E-state index in [1.54, 1.807) is 6.26 Å². The number of aromatic nitrogens is 2. The first-order valence-corrected chi connectivity index (χ1v) is 6.77. The summed E-state index contributed by atoms with van der Waals surface area (Å²) >= 11 is 0. The Morgan fingerprint density at radius 1 is 1.20 bits per heavy atom.